The highest BCUT2D eigenvalue weighted by Crippen LogP contribution is 2.17. The normalized spacial score (nSPS) is 9.54. The van der Waals surface area contributed by atoms with Gasteiger partial charge in [0.25, 0.3) is 0 Å². The monoisotopic (exact) mass is 179 g/mol. The second-order valence-electron chi connectivity index (χ2n) is 2.14. The smallest absolute Gasteiger partial charge is 0.157 e. The van der Waals surface area contributed by atoms with Gasteiger partial charge in [-0.1, -0.05) is 26.5 Å². The van der Waals surface area contributed by atoms with Crippen LogP contribution in [-0.2, 0) is 7.05 Å². The summed E-state index contributed by atoms with van der Waals surface area (Å²) in [5, 5.41) is 4.04. The molecule has 0 spiro atoms. The zero-order valence-corrected chi connectivity index (χ0v) is 8.78. The maximum atomic E-state index is 4.14. The van der Waals surface area contributed by atoms with E-state index in [0.717, 1.165) is 11.4 Å². The van der Waals surface area contributed by atoms with Crippen molar-refractivity contribution in [3.63, 3.8) is 0 Å². The molecule has 0 fully saturated rings. The fourth-order valence-electron chi connectivity index (χ4n) is 0.872. The van der Waals surface area contributed by atoms with Crippen molar-refractivity contribution in [3.8, 4) is 0 Å². The van der Waals surface area contributed by atoms with Crippen molar-refractivity contribution in [3.05, 3.63) is 18.3 Å². The number of aliphatic imine (C=N–C) groups is 1. The Hall–Kier alpha value is -1.38. The van der Waals surface area contributed by atoms with Crippen LogP contribution in [-0.4, -0.2) is 16.0 Å². The molecule has 1 heterocycles. The van der Waals surface area contributed by atoms with Gasteiger partial charge in [-0.3, -0.25) is 4.68 Å². The third kappa shape index (κ3) is 2.86. The first-order chi connectivity index (χ1) is 6.29. The largest absolute Gasteiger partial charge is 0.250 e. The molecular weight excluding hydrogens is 162 g/mol. The summed E-state index contributed by atoms with van der Waals surface area (Å²) in [6.07, 6.45) is 5.23. The van der Waals surface area contributed by atoms with Crippen LogP contribution >= 0.6 is 0 Å². The summed E-state index contributed by atoms with van der Waals surface area (Å²) in [7, 11) is 1.86. The van der Waals surface area contributed by atoms with Crippen LogP contribution in [0.5, 0.6) is 0 Å². The second-order valence-corrected chi connectivity index (χ2v) is 2.14. The molecule has 1 aromatic rings. The Morgan fingerprint density at radius 2 is 2.15 bits per heavy atom. The fraction of sp³-hybridized carbons (Fsp3) is 0.400. The number of nitrogens with zero attached hydrogens (tertiary/aromatic N) is 3. The number of hydrogen-bond donors (Lipinski definition) is 0. The van der Waals surface area contributed by atoms with E-state index in [4.69, 9.17) is 0 Å². The average molecular weight is 179 g/mol. The van der Waals surface area contributed by atoms with Crippen molar-refractivity contribution >= 4 is 18.1 Å². The predicted octanol–water partition coefficient (Wildman–Crippen LogP) is 2.81. The van der Waals surface area contributed by atoms with E-state index >= 15 is 0 Å². The molecule has 0 aromatic carbocycles. The molecule has 0 radical (unpaired) electrons. The molecule has 72 valence electrons. The Kier molecular flexibility index (Phi) is 5.52. The van der Waals surface area contributed by atoms with E-state index in [1.54, 1.807) is 23.2 Å². The number of hydrogen-bond acceptors (Lipinski definition) is 2. The van der Waals surface area contributed by atoms with Gasteiger partial charge in [0.05, 0.1) is 6.20 Å². The van der Waals surface area contributed by atoms with Crippen molar-refractivity contribution in [2.24, 2.45) is 12.0 Å². The first-order valence-electron chi connectivity index (χ1n) is 4.42. The van der Waals surface area contributed by atoms with Crippen LogP contribution in [0.25, 0.3) is 6.08 Å². The maximum absolute atomic E-state index is 4.14. The summed E-state index contributed by atoms with van der Waals surface area (Å²) in [6, 6.07) is 0. The van der Waals surface area contributed by atoms with E-state index in [1.807, 2.05) is 27.8 Å². The minimum atomic E-state index is 0.850. The Bertz CT molecular complexity index is 284. The second kappa shape index (κ2) is 6.17. The predicted molar refractivity (Wildman–Crippen MR) is 58.5 cm³/mol. The molecule has 3 heteroatoms. The van der Waals surface area contributed by atoms with Crippen LogP contribution in [0.2, 0.25) is 0 Å². The lowest BCUT2D eigenvalue weighted by Gasteiger charge is -1.93. The molecule has 0 atom stereocenters. The van der Waals surface area contributed by atoms with Crippen molar-refractivity contribution in [2.75, 3.05) is 0 Å². The van der Waals surface area contributed by atoms with Gasteiger partial charge in [0, 0.05) is 18.8 Å². The minimum absolute atomic E-state index is 0.850. The molecule has 0 amide bonds. The Labute approximate surface area is 79.8 Å². The van der Waals surface area contributed by atoms with E-state index in [9.17, 15) is 0 Å². The summed E-state index contributed by atoms with van der Waals surface area (Å²) in [6.45, 7) is 9.53. The number of aryl methyl sites for hydroxylation is 1. The Morgan fingerprint density at radius 3 is 2.62 bits per heavy atom. The third-order valence-electron chi connectivity index (χ3n) is 1.41. The van der Waals surface area contributed by atoms with Gasteiger partial charge in [0.15, 0.2) is 5.82 Å². The zero-order valence-electron chi connectivity index (χ0n) is 8.78. The molecule has 1 rings (SSSR count). The molecule has 3 nitrogen and oxygen atoms in total. The first-order valence-corrected chi connectivity index (χ1v) is 4.42. The van der Waals surface area contributed by atoms with Crippen molar-refractivity contribution in [2.45, 2.75) is 20.8 Å². The summed E-state index contributed by atoms with van der Waals surface area (Å²) in [5.41, 5.74) is 0.964. The molecule has 0 bridgehead atoms. The first kappa shape index (κ1) is 11.6. The van der Waals surface area contributed by atoms with Crippen LogP contribution < -0.4 is 0 Å². The van der Waals surface area contributed by atoms with Gasteiger partial charge in [0.2, 0.25) is 0 Å². The van der Waals surface area contributed by atoms with Crippen molar-refractivity contribution in [1.29, 1.82) is 0 Å². The molecule has 1 aromatic heterocycles. The van der Waals surface area contributed by atoms with E-state index < -0.39 is 0 Å². The van der Waals surface area contributed by atoms with E-state index in [-0.39, 0.29) is 0 Å². The molecule has 0 N–H and O–H groups in total. The number of aromatic nitrogens is 2. The summed E-state index contributed by atoms with van der Waals surface area (Å²) in [4.78, 5) is 4.14. The molecule has 0 saturated heterocycles. The molecule has 0 aliphatic rings. The van der Waals surface area contributed by atoms with Gasteiger partial charge in [-0.05, 0) is 6.92 Å². The van der Waals surface area contributed by atoms with Gasteiger partial charge in [-0.25, -0.2) is 4.99 Å². The van der Waals surface area contributed by atoms with Crippen LogP contribution in [0, 0.1) is 0 Å². The average Bonchev–Trinajstić information content (AvgIpc) is 2.52. The lowest BCUT2D eigenvalue weighted by atomic mass is 10.3. The summed E-state index contributed by atoms with van der Waals surface area (Å²) in [5.74, 6) is 0.850. The Balaban J connectivity index is 0.000000671. The van der Waals surface area contributed by atoms with Gasteiger partial charge in [0.1, 0.15) is 0 Å². The quantitative estimate of drug-likeness (QED) is 0.642. The SMILES string of the molecule is C=Cc1cnn(C)c1/N=C\C.CC. The molecule has 0 saturated carbocycles. The molecule has 0 unspecified atom stereocenters. The molecule has 0 aliphatic heterocycles. The maximum Gasteiger partial charge on any atom is 0.157 e. The fourth-order valence-corrected chi connectivity index (χ4v) is 0.872. The molecule has 0 aliphatic carbocycles. The summed E-state index contributed by atoms with van der Waals surface area (Å²) >= 11 is 0. The van der Waals surface area contributed by atoms with Gasteiger partial charge in [-0.2, -0.15) is 5.10 Å². The third-order valence-corrected chi connectivity index (χ3v) is 1.41. The van der Waals surface area contributed by atoms with Crippen LogP contribution in [0.3, 0.4) is 0 Å². The number of rotatable bonds is 2. The van der Waals surface area contributed by atoms with E-state index in [0.29, 0.717) is 0 Å². The highest BCUT2D eigenvalue weighted by Gasteiger charge is 2.00. The lowest BCUT2D eigenvalue weighted by molar-refractivity contribution is 0.771. The van der Waals surface area contributed by atoms with Gasteiger partial charge < -0.3 is 0 Å². The molecule has 13 heavy (non-hydrogen) atoms. The van der Waals surface area contributed by atoms with Gasteiger partial charge in [-0.15, -0.1) is 0 Å². The Morgan fingerprint density at radius 1 is 1.54 bits per heavy atom. The van der Waals surface area contributed by atoms with Crippen molar-refractivity contribution < 1.29 is 0 Å². The minimum Gasteiger partial charge on any atom is -0.250 e. The summed E-state index contributed by atoms with van der Waals surface area (Å²) < 4.78 is 1.72. The van der Waals surface area contributed by atoms with Crippen LogP contribution in [0.15, 0.2) is 17.8 Å². The molecular formula is C10H17N3. The zero-order chi connectivity index (χ0) is 10.3. The van der Waals surface area contributed by atoms with Gasteiger partial charge >= 0.3 is 0 Å². The van der Waals surface area contributed by atoms with Crippen LogP contribution in [0.4, 0.5) is 5.82 Å². The van der Waals surface area contributed by atoms with E-state index in [2.05, 4.69) is 16.7 Å². The lowest BCUT2D eigenvalue weighted by Crippen LogP contribution is -1.88. The highest BCUT2D eigenvalue weighted by atomic mass is 15.3. The highest BCUT2D eigenvalue weighted by molar-refractivity contribution is 5.65. The van der Waals surface area contributed by atoms with E-state index in [1.165, 1.54) is 0 Å². The standard InChI is InChI=1S/C8H11N3.C2H6/c1-4-7-6-10-11(3)8(7)9-5-2;1-2/h4-6H,1H2,2-3H3;1-2H3/b9-5-;. The topological polar surface area (TPSA) is 30.2 Å². The van der Waals surface area contributed by atoms with Crippen LogP contribution in [0.1, 0.15) is 26.3 Å². The van der Waals surface area contributed by atoms with Crippen molar-refractivity contribution in [1.82, 2.24) is 9.78 Å².